The fraction of sp³-hybridized carbons (Fsp3) is 0.600. The summed E-state index contributed by atoms with van der Waals surface area (Å²) in [5.74, 6) is 0.516. The lowest BCUT2D eigenvalue weighted by Gasteiger charge is -2.35. The molecule has 2 nitrogen and oxygen atoms in total. The summed E-state index contributed by atoms with van der Waals surface area (Å²) in [5.41, 5.74) is 7.42. The van der Waals surface area contributed by atoms with E-state index in [1.54, 1.807) is 0 Å². The van der Waals surface area contributed by atoms with Gasteiger partial charge in [0.1, 0.15) is 0 Å². The second kappa shape index (κ2) is 5.65. The van der Waals surface area contributed by atoms with Crippen LogP contribution in [-0.4, -0.2) is 30.1 Å². The van der Waals surface area contributed by atoms with Crippen LogP contribution in [0.4, 0.5) is 0 Å². The van der Waals surface area contributed by atoms with Crippen molar-refractivity contribution in [3.63, 3.8) is 0 Å². The Morgan fingerprint density at radius 2 is 2.06 bits per heavy atom. The Kier molecular flexibility index (Phi) is 4.19. The second-order valence-corrected chi connectivity index (χ2v) is 5.23. The number of hydrogen-bond donors (Lipinski definition) is 1. The maximum absolute atomic E-state index is 6.01. The minimum Gasteiger partial charge on any atom is -0.329 e. The summed E-state index contributed by atoms with van der Waals surface area (Å²) in [6.07, 6.45) is 2.64. The van der Waals surface area contributed by atoms with Gasteiger partial charge in [-0.1, -0.05) is 37.3 Å². The first kappa shape index (κ1) is 12.6. The summed E-state index contributed by atoms with van der Waals surface area (Å²) in [7, 11) is 0. The molecule has 1 saturated heterocycles. The van der Waals surface area contributed by atoms with Crippen molar-refractivity contribution in [2.45, 2.75) is 44.7 Å². The van der Waals surface area contributed by atoms with E-state index in [4.69, 9.17) is 5.73 Å². The number of likely N-dealkylation sites (tertiary alicyclic amines) is 1. The molecule has 0 amide bonds. The fourth-order valence-corrected chi connectivity index (χ4v) is 3.05. The molecule has 1 aromatic rings. The van der Waals surface area contributed by atoms with E-state index in [9.17, 15) is 0 Å². The third-order valence-electron chi connectivity index (χ3n) is 4.17. The average molecular weight is 232 g/mol. The quantitative estimate of drug-likeness (QED) is 0.864. The lowest BCUT2D eigenvalue weighted by atomic mass is 9.92. The number of hydrogen-bond acceptors (Lipinski definition) is 2. The zero-order valence-corrected chi connectivity index (χ0v) is 11.0. The molecule has 2 rings (SSSR count). The van der Waals surface area contributed by atoms with Crippen molar-refractivity contribution >= 4 is 0 Å². The lowest BCUT2D eigenvalue weighted by molar-refractivity contribution is 0.173. The van der Waals surface area contributed by atoms with E-state index in [2.05, 4.69) is 49.1 Å². The van der Waals surface area contributed by atoms with Crippen molar-refractivity contribution in [2.24, 2.45) is 5.73 Å². The van der Waals surface area contributed by atoms with E-state index in [1.165, 1.54) is 24.9 Å². The molecule has 0 spiro atoms. The molecule has 2 N–H and O–H groups in total. The van der Waals surface area contributed by atoms with Gasteiger partial charge >= 0.3 is 0 Å². The third-order valence-corrected chi connectivity index (χ3v) is 4.17. The zero-order valence-electron chi connectivity index (χ0n) is 11.0. The normalized spacial score (nSPS) is 24.8. The Bertz CT molecular complexity index is 336. The van der Waals surface area contributed by atoms with Gasteiger partial charge in [0.15, 0.2) is 0 Å². The average Bonchev–Trinajstić information content (AvgIpc) is 2.78. The highest BCUT2D eigenvalue weighted by Gasteiger charge is 2.30. The summed E-state index contributed by atoms with van der Waals surface area (Å²) in [5, 5.41) is 0. The fourth-order valence-electron chi connectivity index (χ4n) is 3.05. The van der Waals surface area contributed by atoms with Crippen LogP contribution in [0.25, 0.3) is 0 Å². The summed E-state index contributed by atoms with van der Waals surface area (Å²) < 4.78 is 0. The van der Waals surface area contributed by atoms with Crippen molar-refractivity contribution in [3.8, 4) is 0 Å². The third kappa shape index (κ3) is 2.70. The zero-order chi connectivity index (χ0) is 12.3. The van der Waals surface area contributed by atoms with Crippen molar-refractivity contribution < 1.29 is 0 Å². The summed E-state index contributed by atoms with van der Waals surface area (Å²) in [6.45, 7) is 6.59. The van der Waals surface area contributed by atoms with Crippen LogP contribution < -0.4 is 5.73 Å². The molecule has 1 aliphatic rings. The summed E-state index contributed by atoms with van der Waals surface area (Å²) in [4.78, 5) is 2.59. The Morgan fingerprint density at radius 3 is 2.59 bits per heavy atom. The number of benzene rings is 1. The molecule has 0 aliphatic carbocycles. The van der Waals surface area contributed by atoms with E-state index in [0.29, 0.717) is 18.0 Å². The van der Waals surface area contributed by atoms with Crippen LogP contribution in [0.3, 0.4) is 0 Å². The molecule has 1 heterocycles. The van der Waals surface area contributed by atoms with Crippen molar-refractivity contribution in [1.29, 1.82) is 0 Å². The van der Waals surface area contributed by atoms with E-state index in [-0.39, 0.29) is 0 Å². The van der Waals surface area contributed by atoms with Crippen LogP contribution in [0.5, 0.6) is 0 Å². The molecule has 3 atom stereocenters. The highest BCUT2D eigenvalue weighted by Crippen LogP contribution is 2.28. The highest BCUT2D eigenvalue weighted by molar-refractivity contribution is 5.21. The topological polar surface area (TPSA) is 29.3 Å². The van der Waals surface area contributed by atoms with Crippen molar-refractivity contribution in [1.82, 2.24) is 4.90 Å². The molecular weight excluding hydrogens is 208 g/mol. The molecule has 1 aromatic carbocycles. The Balaban J connectivity index is 2.13. The maximum atomic E-state index is 6.01. The summed E-state index contributed by atoms with van der Waals surface area (Å²) >= 11 is 0. The first-order valence-electron chi connectivity index (χ1n) is 6.74. The molecule has 0 saturated carbocycles. The number of nitrogens with two attached hydrogens (primary N) is 1. The van der Waals surface area contributed by atoms with Crippen LogP contribution in [0.2, 0.25) is 0 Å². The second-order valence-electron chi connectivity index (χ2n) is 5.23. The minimum atomic E-state index is 0.481. The Labute approximate surface area is 105 Å². The smallest absolute Gasteiger partial charge is 0.0287 e. The van der Waals surface area contributed by atoms with Gasteiger partial charge in [0.05, 0.1) is 0 Å². The largest absolute Gasteiger partial charge is 0.329 e. The lowest BCUT2D eigenvalue weighted by Crippen LogP contribution is -2.45. The van der Waals surface area contributed by atoms with Gasteiger partial charge in [-0.2, -0.15) is 0 Å². The van der Waals surface area contributed by atoms with Crippen LogP contribution in [0, 0.1) is 0 Å². The molecule has 17 heavy (non-hydrogen) atoms. The molecule has 2 heteroatoms. The minimum absolute atomic E-state index is 0.481. The maximum Gasteiger partial charge on any atom is 0.0287 e. The highest BCUT2D eigenvalue weighted by atomic mass is 15.2. The van der Waals surface area contributed by atoms with Gasteiger partial charge in [-0.3, -0.25) is 4.90 Å². The Hall–Kier alpha value is -0.860. The number of nitrogens with zero attached hydrogens (tertiary/aromatic N) is 1. The molecule has 0 aromatic heterocycles. The van der Waals surface area contributed by atoms with Crippen LogP contribution in [0.15, 0.2) is 30.3 Å². The predicted octanol–water partition coefficient (Wildman–Crippen LogP) is 2.60. The molecule has 0 bridgehead atoms. The molecule has 94 valence electrons. The molecular formula is C15H24N2. The van der Waals surface area contributed by atoms with Gasteiger partial charge in [-0.25, -0.2) is 0 Å². The van der Waals surface area contributed by atoms with Crippen molar-refractivity contribution in [2.75, 3.05) is 13.1 Å². The van der Waals surface area contributed by atoms with E-state index < -0.39 is 0 Å². The Morgan fingerprint density at radius 1 is 1.35 bits per heavy atom. The molecule has 1 fully saturated rings. The van der Waals surface area contributed by atoms with Gasteiger partial charge in [-0.05, 0) is 37.8 Å². The van der Waals surface area contributed by atoms with Crippen LogP contribution in [-0.2, 0) is 0 Å². The molecule has 0 radical (unpaired) electrons. The van der Waals surface area contributed by atoms with Gasteiger partial charge < -0.3 is 5.73 Å². The first-order chi connectivity index (χ1) is 8.24. The van der Waals surface area contributed by atoms with Gasteiger partial charge in [-0.15, -0.1) is 0 Å². The van der Waals surface area contributed by atoms with Gasteiger partial charge in [0.2, 0.25) is 0 Å². The molecule has 1 aliphatic heterocycles. The summed E-state index contributed by atoms with van der Waals surface area (Å²) in [6, 6.07) is 11.9. The van der Waals surface area contributed by atoms with E-state index in [0.717, 1.165) is 6.54 Å². The van der Waals surface area contributed by atoms with Crippen molar-refractivity contribution in [3.05, 3.63) is 35.9 Å². The standard InChI is InChI=1S/C15H24N2/c1-12-7-6-10-17(12)15(11-16)13(2)14-8-4-3-5-9-14/h3-5,8-9,12-13,15H,6-7,10-11,16H2,1-2H3. The van der Waals surface area contributed by atoms with E-state index in [1.807, 2.05) is 0 Å². The van der Waals surface area contributed by atoms with Crippen LogP contribution in [0.1, 0.15) is 38.2 Å². The van der Waals surface area contributed by atoms with Gasteiger partial charge in [0, 0.05) is 18.6 Å². The molecule has 3 unspecified atom stereocenters. The monoisotopic (exact) mass is 232 g/mol. The van der Waals surface area contributed by atoms with E-state index >= 15 is 0 Å². The van der Waals surface area contributed by atoms with Gasteiger partial charge in [0.25, 0.3) is 0 Å². The number of rotatable bonds is 4. The predicted molar refractivity (Wildman–Crippen MR) is 73.1 cm³/mol. The first-order valence-corrected chi connectivity index (χ1v) is 6.74. The van der Waals surface area contributed by atoms with Crippen LogP contribution >= 0.6 is 0 Å². The SMILES string of the molecule is CC(c1ccccc1)C(CN)N1CCCC1C.